The molecule has 0 saturated carbocycles. The van der Waals surface area contributed by atoms with Crippen molar-refractivity contribution in [2.45, 2.75) is 25.4 Å². The zero-order valence-electron chi connectivity index (χ0n) is 11.7. The van der Waals surface area contributed by atoms with Crippen molar-refractivity contribution in [2.75, 3.05) is 26.8 Å². The van der Waals surface area contributed by atoms with Crippen LogP contribution < -0.4 is 0 Å². The third kappa shape index (κ3) is 3.69. The Kier molecular flexibility index (Phi) is 4.62. The predicted molar refractivity (Wildman–Crippen MR) is 75.9 cm³/mol. The molecule has 0 radical (unpaired) electrons. The topological polar surface area (TPSA) is 62.7 Å². The van der Waals surface area contributed by atoms with Crippen molar-refractivity contribution < 1.29 is 14.6 Å². The van der Waals surface area contributed by atoms with E-state index in [2.05, 4.69) is 4.98 Å². The van der Waals surface area contributed by atoms with Crippen LogP contribution in [-0.2, 0) is 4.74 Å². The zero-order valence-corrected chi connectivity index (χ0v) is 12.5. The molecular formula is C14H19ClN2O3. The molecule has 2 rings (SSSR count). The number of aryl methyl sites for hydroxylation is 1. The number of aromatic nitrogens is 1. The number of carbonyl (C=O) groups is 1. The number of ether oxygens (including phenoxy) is 1. The van der Waals surface area contributed by atoms with Crippen LogP contribution in [-0.4, -0.2) is 53.3 Å². The number of rotatable bonds is 3. The van der Waals surface area contributed by atoms with Gasteiger partial charge in [-0.05, 0) is 19.1 Å². The molecule has 20 heavy (non-hydrogen) atoms. The van der Waals surface area contributed by atoms with E-state index in [1.807, 2.05) is 0 Å². The number of nitrogens with zero attached hydrogens (tertiary/aromatic N) is 2. The van der Waals surface area contributed by atoms with Crippen LogP contribution in [0.3, 0.4) is 0 Å². The second-order valence-corrected chi connectivity index (χ2v) is 5.71. The average molecular weight is 299 g/mol. The third-order valence-corrected chi connectivity index (χ3v) is 3.66. The second-order valence-electron chi connectivity index (χ2n) is 5.32. The van der Waals surface area contributed by atoms with Crippen LogP contribution in [0.2, 0.25) is 5.15 Å². The molecule has 1 aliphatic heterocycles. The first-order valence-corrected chi connectivity index (χ1v) is 6.97. The van der Waals surface area contributed by atoms with E-state index in [9.17, 15) is 9.90 Å². The molecule has 0 aromatic carbocycles. The molecule has 0 aliphatic carbocycles. The van der Waals surface area contributed by atoms with E-state index >= 15 is 0 Å². The van der Waals surface area contributed by atoms with Gasteiger partial charge in [-0.25, -0.2) is 4.98 Å². The first kappa shape index (κ1) is 15.2. The third-order valence-electron chi connectivity index (χ3n) is 3.47. The predicted octanol–water partition coefficient (Wildman–Crippen LogP) is 1.66. The highest BCUT2D eigenvalue weighted by Gasteiger charge is 2.32. The minimum atomic E-state index is -0.867. The van der Waals surface area contributed by atoms with Gasteiger partial charge >= 0.3 is 0 Å². The molecular weight excluding hydrogens is 280 g/mol. The molecule has 5 nitrogen and oxygen atoms in total. The van der Waals surface area contributed by atoms with Crippen LogP contribution in [0.4, 0.5) is 0 Å². The number of aliphatic hydroxyl groups is 1. The van der Waals surface area contributed by atoms with Crippen molar-refractivity contribution in [1.82, 2.24) is 9.88 Å². The summed E-state index contributed by atoms with van der Waals surface area (Å²) in [5, 5.41) is 10.7. The first-order chi connectivity index (χ1) is 9.39. The zero-order chi connectivity index (χ0) is 14.8. The Labute approximate surface area is 123 Å². The summed E-state index contributed by atoms with van der Waals surface area (Å²) in [4.78, 5) is 17.9. The molecule has 1 aliphatic rings. The fourth-order valence-electron chi connectivity index (χ4n) is 2.39. The summed E-state index contributed by atoms with van der Waals surface area (Å²) < 4.78 is 5.23. The van der Waals surface area contributed by atoms with Crippen molar-refractivity contribution in [2.24, 2.45) is 0 Å². The van der Waals surface area contributed by atoms with Crippen molar-refractivity contribution in [3.05, 3.63) is 28.5 Å². The molecule has 1 amide bonds. The van der Waals surface area contributed by atoms with Crippen LogP contribution >= 0.6 is 11.6 Å². The van der Waals surface area contributed by atoms with Gasteiger partial charge in [-0.15, -0.1) is 0 Å². The standard InChI is InChI=1S/C14H19ClN2O3/c1-10-7-11(8-12(15)16-10)13(18)17(2)9-14(19)3-5-20-6-4-14/h7-8,19H,3-6,9H2,1-2H3. The fraction of sp³-hybridized carbons (Fsp3) is 0.571. The molecule has 1 aromatic rings. The summed E-state index contributed by atoms with van der Waals surface area (Å²) in [6.45, 7) is 3.13. The largest absolute Gasteiger partial charge is 0.388 e. The summed E-state index contributed by atoms with van der Waals surface area (Å²) >= 11 is 5.87. The molecule has 2 heterocycles. The SMILES string of the molecule is Cc1cc(C(=O)N(C)CC2(O)CCOCC2)cc(Cl)n1. The molecule has 1 fully saturated rings. The van der Waals surface area contributed by atoms with E-state index < -0.39 is 5.60 Å². The summed E-state index contributed by atoms with van der Waals surface area (Å²) in [6.07, 6.45) is 1.08. The molecule has 0 atom stereocenters. The van der Waals surface area contributed by atoms with E-state index in [0.717, 1.165) is 0 Å². The van der Waals surface area contributed by atoms with Gasteiger partial charge in [-0.2, -0.15) is 0 Å². The number of pyridine rings is 1. The summed E-state index contributed by atoms with van der Waals surface area (Å²) in [7, 11) is 1.68. The Balaban J connectivity index is 2.08. The Morgan fingerprint density at radius 2 is 2.15 bits per heavy atom. The van der Waals surface area contributed by atoms with E-state index in [1.54, 1.807) is 26.1 Å². The summed E-state index contributed by atoms with van der Waals surface area (Å²) in [6, 6.07) is 3.24. The number of amides is 1. The maximum atomic E-state index is 12.4. The average Bonchev–Trinajstić information content (AvgIpc) is 2.37. The highest BCUT2D eigenvalue weighted by atomic mass is 35.5. The minimum Gasteiger partial charge on any atom is -0.388 e. The summed E-state index contributed by atoms with van der Waals surface area (Å²) in [5.74, 6) is -0.169. The van der Waals surface area contributed by atoms with Crippen molar-refractivity contribution >= 4 is 17.5 Å². The van der Waals surface area contributed by atoms with E-state index in [-0.39, 0.29) is 12.5 Å². The van der Waals surface area contributed by atoms with Crippen molar-refractivity contribution in [1.29, 1.82) is 0 Å². The van der Waals surface area contributed by atoms with Gasteiger partial charge in [0.2, 0.25) is 0 Å². The number of halogens is 1. The first-order valence-electron chi connectivity index (χ1n) is 6.59. The van der Waals surface area contributed by atoms with E-state index in [1.165, 1.54) is 4.90 Å². The smallest absolute Gasteiger partial charge is 0.253 e. The summed E-state index contributed by atoms with van der Waals surface area (Å²) in [5.41, 5.74) is 0.314. The lowest BCUT2D eigenvalue weighted by molar-refractivity contribution is -0.0734. The molecule has 1 aromatic heterocycles. The fourth-order valence-corrected chi connectivity index (χ4v) is 2.65. The van der Waals surface area contributed by atoms with Gasteiger partial charge in [0.15, 0.2) is 0 Å². The van der Waals surface area contributed by atoms with E-state index in [0.29, 0.717) is 42.5 Å². The second kappa shape index (κ2) is 6.08. The Morgan fingerprint density at radius 1 is 1.50 bits per heavy atom. The van der Waals surface area contributed by atoms with Gasteiger partial charge in [-0.1, -0.05) is 11.6 Å². The van der Waals surface area contributed by atoms with Crippen LogP contribution in [0, 0.1) is 6.92 Å². The Bertz CT molecular complexity index is 481. The molecule has 0 unspecified atom stereocenters. The van der Waals surface area contributed by atoms with Crippen molar-refractivity contribution in [3.63, 3.8) is 0 Å². The monoisotopic (exact) mass is 298 g/mol. The molecule has 1 saturated heterocycles. The quantitative estimate of drug-likeness (QED) is 0.862. The van der Waals surface area contributed by atoms with Crippen LogP contribution in [0.5, 0.6) is 0 Å². The van der Waals surface area contributed by atoms with E-state index in [4.69, 9.17) is 16.3 Å². The van der Waals surface area contributed by atoms with Crippen LogP contribution in [0.1, 0.15) is 28.9 Å². The molecule has 0 spiro atoms. The normalized spacial score (nSPS) is 17.8. The lowest BCUT2D eigenvalue weighted by atomic mass is 9.94. The van der Waals surface area contributed by atoms with Gasteiger partial charge in [-0.3, -0.25) is 4.79 Å². The number of carbonyl (C=O) groups excluding carboxylic acids is 1. The number of likely N-dealkylation sites (N-methyl/N-ethyl adjacent to an activating group) is 1. The molecule has 0 bridgehead atoms. The van der Waals surface area contributed by atoms with Crippen LogP contribution in [0.15, 0.2) is 12.1 Å². The molecule has 1 N–H and O–H groups in total. The highest BCUT2D eigenvalue weighted by molar-refractivity contribution is 6.29. The van der Waals surface area contributed by atoms with Gasteiger partial charge in [0.25, 0.3) is 5.91 Å². The maximum Gasteiger partial charge on any atom is 0.253 e. The minimum absolute atomic E-state index is 0.169. The van der Waals surface area contributed by atoms with Crippen LogP contribution in [0.25, 0.3) is 0 Å². The maximum absolute atomic E-state index is 12.4. The van der Waals surface area contributed by atoms with Gasteiger partial charge in [0, 0.05) is 50.9 Å². The van der Waals surface area contributed by atoms with Gasteiger partial charge in [0.1, 0.15) is 5.15 Å². The lowest BCUT2D eigenvalue weighted by Gasteiger charge is -2.35. The number of hydrogen-bond donors (Lipinski definition) is 1. The number of hydrogen-bond acceptors (Lipinski definition) is 4. The van der Waals surface area contributed by atoms with Crippen molar-refractivity contribution in [3.8, 4) is 0 Å². The molecule has 110 valence electrons. The Hall–Kier alpha value is -1.17. The van der Waals surface area contributed by atoms with Gasteiger partial charge < -0.3 is 14.7 Å². The van der Waals surface area contributed by atoms with Gasteiger partial charge in [0.05, 0.1) is 5.60 Å². The molecule has 6 heteroatoms. The highest BCUT2D eigenvalue weighted by Crippen LogP contribution is 2.22. The lowest BCUT2D eigenvalue weighted by Crippen LogP contribution is -2.47. The Morgan fingerprint density at radius 3 is 2.75 bits per heavy atom.